The van der Waals surface area contributed by atoms with Crippen molar-refractivity contribution in [2.24, 2.45) is 0 Å². The zero-order chi connectivity index (χ0) is 15.8. The van der Waals surface area contributed by atoms with Gasteiger partial charge < -0.3 is 16.0 Å². The van der Waals surface area contributed by atoms with Crippen LogP contribution in [0.15, 0.2) is 18.2 Å². The molecule has 5 nitrogen and oxygen atoms in total. The van der Waals surface area contributed by atoms with Gasteiger partial charge in [0, 0.05) is 23.7 Å². The van der Waals surface area contributed by atoms with Gasteiger partial charge in [0.15, 0.2) is 0 Å². The smallest absolute Gasteiger partial charge is 0.251 e. The van der Waals surface area contributed by atoms with Crippen molar-refractivity contribution in [3.05, 3.63) is 29.3 Å². The zero-order valence-corrected chi connectivity index (χ0v) is 13.2. The van der Waals surface area contributed by atoms with E-state index in [4.69, 9.17) is 0 Å². The summed E-state index contributed by atoms with van der Waals surface area (Å²) >= 11 is 0. The highest BCUT2D eigenvalue weighted by Gasteiger charge is 2.11. The summed E-state index contributed by atoms with van der Waals surface area (Å²) in [5.41, 5.74) is 2.21. The van der Waals surface area contributed by atoms with Gasteiger partial charge in [-0.3, -0.25) is 9.59 Å². The van der Waals surface area contributed by atoms with Crippen molar-refractivity contribution in [2.45, 2.75) is 39.7 Å². The Labute approximate surface area is 126 Å². The number of hydrogen-bond acceptors (Lipinski definition) is 3. The van der Waals surface area contributed by atoms with Crippen molar-refractivity contribution >= 4 is 17.5 Å². The van der Waals surface area contributed by atoms with Crippen molar-refractivity contribution in [2.75, 3.05) is 18.9 Å². The van der Waals surface area contributed by atoms with Crippen molar-refractivity contribution in [3.8, 4) is 0 Å². The summed E-state index contributed by atoms with van der Waals surface area (Å²) in [6.07, 6.45) is 1.28. The Balaban J connectivity index is 2.65. The van der Waals surface area contributed by atoms with Crippen LogP contribution < -0.4 is 16.0 Å². The molecule has 0 fully saturated rings. The third-order valence-electron chi connectivity index (χ3n) is 3.01. The molecule has 0 saturated heterocycles. The van der Waals surface area contributed by atoms with Crippen LogP contribution >= 0.6 is 0 Å². The Bertz CT molecular complexity index is 498. The first kappa shape index (κ1) is 17.2. The van der Waals surface area contributed by atoms with Crippen molar-refractivity contribution < 1.29 is 9.59 Å². The molecule has 0 unspecified atom stereocenters. The summed E-state index contributed by atoms with van der Waals surface area (Å²) < 4.78 is 0. The highest BCUT2D eigenvalue weighted by atomic mass is 16.2. The summed E-state index contributed by atoms with van der Waals surface area (Å²) in [7, 11) is 1.86. The third-order valence-corrected chi connectivity index (χ3v) is 3.01. The molecule has 0 aliphatic heterocycles. The molecule has 0 radical (unpaired) electrons. The number of aryl methyl sites for hydroxylation is 1. The predicted octanol–water partition coefficient (Wildman–Crippen LogP) is 2.07. The molecule has 0 aromatic heterocycles. The summed E-state index contributed by atoms with van der Waals surface area (Å²) in [5.74, 6) is -0.0987. The lowest BCUT2D eigenvalue weighted by molar-refractivity contribution is -0.116. The van der Waals surface area contributed by atoms with E-state index in [1.54, 1.807) is 12.1 Å². The van der Waals surface area contributed by atoms with Gasteiger partial charge in [-0.2, -0.15) is 0 Å². The van der Waals surface area contributed by atoms with Crippen LogP contribution in [0.4, 0.5) is 5.69 Å². The van der Waals surface area contributed by atoms with Crippen LogP contribution in [-0.2, 0) is 4.79 Å². The number of rotatable bonds is 7. The Morgan fingerprint density at radius 1 is 1.24 bits per heavy atom. The molecule has 21 heavy (non-hydrogen) atoms. The van der Waals surface area contributed by atoms with Gasteiger partial charge in [-0.05, 0) is 64.5 Å². The number of anilines is 1. The molecule has 5 heteroatoms. The van der Waals surface area contributed by atoms with Crippen LogP contribution in [0.2, 0.25) is 0 Å². The van der Waals surface area contributed by atoms with E-state index in [1.807, 2.05) is 33.9 Å². The Kier molecular flexibility index (Phi) is 6.88. The fraction of sp³-hybridized carbons (Fsp3) is 0.500. The van der Waals surface area contributed by atoms with Gasteiger partial charge in [-0.15, -0.1) is 0 Å². The zero-order valence-electron chi connectivity index (χ0n) is 13.2. The van der Waals surface area contributed by atoms with E-state index in [9.17, 15) is 9.59 Å². The highest BCUT2D eigenvalue weighted by Crippen LogP contribution is 2.15. The largest absolute Gasteiger partial charge is 0.350 e. The normalized spacial score (nSPS) is 10.5. The molecule has 1 aromatic carbocycles. The predicted molar refractivity (Wildman–Crippen MR) is 85.6 cm³/mol. The van der Waals surface area contributed by atoms with E-state index in [0.717, 1.165) is 24.2 Å². The van der Waals surface area contributed by atoms with E-state index in [-0.39, 0.29) is 17.9 Å². The minimum absolute atomic E-state index is 0.0102. The van der Waals surface area contributed by atoms with Gasteiger partial charge in [-0.1, -0.05) is 0 Å². The van der Waals surface area contributed by atoms with Crippen LogP contribution in [0.1, 0.15) is 42.6 Å². The Morgan fingerprint density at radius 2 is 1.95 bits per heavy atom. The number of carbonyl (C=O) groups excluding carboxylic acids is 2. The van der Waals surface area contributed by atoms with E-state index in [1.165, 1.54) is 0 Å². The SMILES string of the molecule is CNCCCC(=O)Nc1ccc(C(=O)NC(C)C)c(C)c1. The van der Waals surface area contributed by atoms with E-state index >= 15 is 0 Å². The van der Waals surface area contributed by atoms with Crippen molar-refractivity contribution in [3.63, 3.8) is 0 Å². The lowest BCUT2D eigenvalue weighted by atomic mass is 10.1. The molecule has 116 valence electrons. The molecule has 0 aliphatic carbocycles. The average molecular weight is 291 g/mol. The van der Waals surface area contributed by atoms with Crippen LogP contribution in [0.25, 0.3) is 0 Å². The lowest BCUT2D eigenvalue weighted by Crippen LogP contribution is -2.30. The number of carbonyl (C=O) groups is 2. The van der Waals surface area contributed by atoms with Crippen molar-refractivity contribution in [1.29, 1.82) is 0 Å². The maximum atomic E-state index is 12.0. The maximum absolute atomic E-state index is 12.0. The Hall–Kier alpha value is -1.88. The standard InChI is InChI=1S/C16H25N3O2/c1-11(2)18-16(21)14-8-7-13(10-12(14)3)19-15(20)6-5-9-17-4/h7-8,10-11,17H,5-6,9H2,1-4H3,(H,18,21)(H,19,20). The molecule has 0 saturated carbocycles. The summed E-state index contributed by atoms with van der Waals surface area (Å²) in [5, 5.41) is 8.72. The molecule has 1 aromatic rings. The first-order valence-electron chi connectivity index (χ1n) is 7.30. The molecular formula is C16H25N3O2. The number of nitrogens with one attached hydrogen (secondary N) is 3. The molecule has 0 bridgehead atoms. The van der Waals surface area contributed by atoms with Crippen LogP contribution in [0.3, 0.4) is 0 Å². The maximum Gasteiger partial charge on any atom is 0.251 e. The van der Waals surface area contributed by atoms with E-state index in [2.05, 4.69) is 16.0 Å². The van der Waals surface area contributed by atoms with E-state index < -0.39 is 0 Å². The molecule has 0 aliphatic rings. The van der Waals surface area contributed by atoms with Gasteiger partial charge in [0.05, 0.1) is 0 Å². The first-order valence-corrected chi connectivity index (χ1v) is 7.30. The van der Waals surface area contributed by atoms with Gasteiger partial charge in [0.25, 0.3) is 5.91 Å². The molecule has 0 heterocycles. The second-order valence-electron chi connectivity index (χ2n) is 5.41. The molecular weight excluding hydrogens is 266 g/mol. The molecule has 0 atom stereocenters. The average Bonchev–Trinajstić information content (AvgIpc) is 2.38. The molecule has 0 spiro atoms. The van der Waals surface area contributed by atoms with Gasteiger partial charge >= 0.3 is 0 Å². The topological polar surface area (TPSA) is 70.2 Å². The second-order valence-corrected chi connectivity index (χ2v) is 5.41. The van der Waals surface area contributed by atoms with Crippen LogP contribution in [-0.4, -0.2) is 31.4 Å². The summed E-state index contributed by atoms with van der Waals surface area (Å²) in [6.45, 7) is 6.53. The highest BCUT2D eigenvalue weighted by molar-refractivity contribution is 5.97. The molecule has 2 amide bonds. The molecule has 1 rings (SSSR count). The number of amides is 2. The van der Waals surface area contributed by atoms with Gasteiger partial charge in [0.2, 0.25) is 5.91 Å². The minimum Gasteiger partial charge on any atom is -0.350 e. The summed E-state index contributed by atoms with van der Waals surface area (Å²) in [4.78, 5) is 23.7. The Morgan fingerprint density at radius 3 is 2.52 bits per heavy atom. The van der Waals surface area contributed by atoms with Gasteiger partial charge in [-0.25, -0.2) is 0 Å². The second kappa shape index (κ2) is 8.42. The quantitative estimate of drug-likeness (QED) is 0.674. The fourth-order valence-electron chi connectivity index (χ4n) is 1.99. The van der Waals surface area contributed by atoms with Gasteiger partial charge in [0.1, 0.15) is 0 Å². The monoisotopic (exact) mass is 291 g/mol. The number of hydrogen-bond donors (Lipinski definition) is 3. The molecule has 3 N–H and O–H groups in total. The minimum atomic E-state index is -0.0885. The third kappa shape index (κ3) is 5.95. The first-order chi connectivity index (χ1) is 9.93. The fourth-order valence-corrected chi connectivity index (χ4v) is 1.99. The van der Waals surface area contributed by atoms with Crippen molar-refractivity contribution in [1.82, 2.24) is 10.6 Å². The van der Waals surface area contributed by atoms with Crippen LogP contribution in [0, 0.1) is 6.92 Å². The lowest BCUT2D eigenvalue weighted by Gasteiger charge is -2.12. The number of benzene rings is 1. The van der Waals surface area contributed by atoms with E-state index in [0.29, 0.717) is 12.0 Å². The van der Waals surface area contributed by atoms with Crippen LogP contribution in [0.5, 0.6) is 0 Å². The summed E-state index contributed by atoms with van der Waals surface area (Å²) in [6, 6.07) is 5.43.